The summed E-state index contributed by atoms with van der Waals surface area (Å²) in [6.45, 7) is 1.96. The van der Waals surface area contributed by atoms with E-state index in [1.54, 1.807) is 12.0 Å². The summed E-state index contributed by atoms with van der Waals surface area (Å²) in [5.41, 5.74) is 1.42. The van der Waals surface area contributed by atoms with Crippen molar-refractivity contribution in [2.45, 2.75) is 12.8 Å². The Morgan fingerprint density at radius 2 is 2.23 bits per heavy atom. The fourth-order valence-corrected chi connectivity index (χ4v) is 5.78. The number of benzene rings is 1. The summed E-state index contributed by atoms with van der Waals surface area (Å²) in [4.78, 5) is 10.00. The standard InChI is InChI=1S/C17H16N2OS2/c1-20-12-3-2-4-13-11(12)9-14(21-13)15-16(10-5-6-10)22-17-18-7-8-19(15)17/h2-4,9-10H,5-8H2,1H3. The fraction of sp³-hybridized carbons (Fsp3) is 0.353. The Hall–Kier alpha value is -1.46. The lowest BCUT2D eigenvalue weighted by atomic mass is 10.2. The Morgan fingerprint density at radius 1 is 1.32 bits per heavy atom. The first-order valence-corrected chi connectivity index (χ1v) is 9.29. The van der Waals surface area contributed by atoms with Gasteiger partial charge in [0.05, 0.1) is 24.2 Å². The molecule has 0 amide bonds. The van der Waals surface area contributed by atoms with Gasteiger partial charge in [-0.25, -0.2) is 0 Å². The predicted molar refractivity (Wildman–Crippen MR) is 94.6 cm³/mol. The van der Waals surface area contributed by atoms with E-state index in [2.05, 4.69) is 28.1 Å². The van der Waals surface area contributed by atoms with Crippen molar-refractivity contribution in [1.82, 2.24) is 4.90 Å². The summed E-state index contributed by atoms with van der Waals surface area (Å²) >= 11 is 3.78. The number of amidine groups is 1. The molecule has 0 bridgehead atoms. The molecule has 3 aliphatic rings. The summed E-state index contributed by atoms with van der Waals surface area (Å²) in [7, 11) is 1.75. The average Bonchev–Trinajstić information content (AvgIpc) is 2.96. The maximum Gasteiger partial charge on any atom is 0.168 e. The molecule has 1 aromatic heterocycles. The van der Waals surface area contributed by atoms with Gasteiger partial charge in [-0.2, -0.15) is 0 Å². The molecule has 0 unspecified atom stereocenters. The van der Waals surface area contributed by atoms with Gasteiger partial charge < -0.3 is 9.64 Å². The number of thiophene rings is 1. The van der Waals surface area contributed by atoms with Crippen LogP contribution in [0.4, 0.5) is 0 Å². The maximum absolute atomic E-state index is 5.52. The van der Waals surface area contributed by atoms with E-state index in [4.69, 9.17) is 4.74 Å². The minimum Gasteiger partial charge on any atom is -0.496 e. The number of thioether (sulfide) groups is 1. The lowest BCUT2D eigenvalue weighted by Gasteiger charge is -2.15. The SMILES string of the molecule is COc1cccc2sc(C3=C(C4CC4)SC4=NCCN43)cc12. The second-order valence-electron chi connectivity index (χ2n) is 5.89. The summed E-state index contributed by atoms with van der Waals surface area (Å²) in [5, 5.41) is 2.43. The van der Waals surface area contributed by atoms with Crippen molar-refractivity contribution in [1.29, 1.82) is 0 Å². The van der Waals surface area contributed by atoms with E-state index in [-0.39, 0.29) is 0 Å². The van der Waals surface area contributed by atoms with Gasteiger partial charge in [-0.1, -0.05) is 17.8 Å². The molecule has 2 aliphatic heterocycles. The van der Waals surface area contributed by atoms with Crippen LogP contribution in [0.15, 0.2) is 34.2 Å². The van der Waals surface area contributed by atoms with Crippen LogP contribution < -0.4 is 4.74 Å². The molecule has 0 spiro atoms. The van der Waals surface area contributed by atoms with Crippen LogP contribution in [0.1, 0.15) is 17.7 Å². The fourth-order valence-electron chi connectivity index (χ4n) is 3.21. The second-order valence-corrected chi connectivity index (χ2v) is 7.98. The Labute approximate surface area is 137 Å². The molecule has 5 rings (SSSR count). The molecular weight excluding hydrogens is 312 g/mol. The summed E-state index contributed by atoms with van der Waals surface area (Å²) in [6, 6.07) is 8.60. The molecule has 5 heteroatoms. The minimum atomic E-state index is 0.764. The monoisotopic (exact) mass is 328 g/mol. The van der Waals surface area contributed by atoms with Gasteiger partial charge in [0.1, 0.15) is 5.75 Å². The second kappa shape index (κ2) is 4.77. The Kier molecular flexibility index (Phi) is 2.82. The third-order valence-corrected chi connectivity index (χ3v) is 6.81. The highest BCUT2D eigenvalue weighted by Crippen LogP contribution is 2.54. The van der Waals surface area contributed by atoms with Crippen molar-refractivity contribution in [3.05, 3.63) is 34.0 Å². The first-order chi connectivity index (χ1) is 10.8. The molecule has 0 saturated heterocycles. The number of hydrogen-bond donors (Lipinski definition) is 0. The normalized spacial score (nSPS) is 20.8. The first-order valence-electron chi connectivity index (χ1n) is 7.66. The number of aliphatic imine (C=N–C) groups is 1. The van der Waals surface area contributed by atoms with Crippen LogP contribution in [0, 0.1) is 5.92 Å². The van der Waals surface area contributed by atoms with Gasteiger partial charge in [-0.3, -0.25) is 4.99 Å². The summed E-state index contributed by atoms with van der Waals surface area (Å²) in [5.74, 6) is 1.73. The smallest absolute Gasteiger partial charge is 0.168 e. The molecule has 0 atom stereocenters. The van der Waals surface area contributed by atoms with E-state index in [0.29, 0.717) is 0 Å². The lowest BCUT2D eigenvalue weighted by molar-refractivity contribution is 0.420. The molecule has 2 aromatic rings. The van der Waals surface area contributed by atoms with Gasteiger partial charge in [-0.15, -0.1) is 11.3 Å². The van der Waals surface area contributed by atoms with Crippen molar-refractivity contribution < 1.29 is 4.74 Å². The highest BCUT2D eigenvalue weighted by Gasteiger charge is 2.40. The Morgan fingerprint density at radius 3 is 3.05 bits per heavy atom. The molecule has 1 aromatic carbocycles. The van der Waals surface area contributed by atoms with Crippen molar-refractivity contribution in [2.24, 2.45) is 10.9 Å². The summed E-state index contributed by atoms with van der Waals surface area (Å²) < 4.78 is 6.82. The lowest BCUT2D eigenvalue weighted by Crippen LogP contribution is -2.19. The van der Waals surface area contributed by atoms with E-state index >= 15 is 0 Å². The van der Waals surface area contributed by atoms with Crippen molar-refractivity contribution in [3.8, 4) is 5.75 Å². The van der Waals surface area contributed by atoms with E-state index in [1.807, 2.05) is 29.2 Å². The largest absolute Gasteiger partial charge is 0.496 e. The zero-order valence-electron chi connectivity index (χ0n) is 12.3. The number of rotatable bonds is 3. The molecule has 22 heavy (non-hydrogen) atoms. The number of allylic oxidation sites excluding steroid dienone is 1. The van der Waals surface area contributed by atoms with Gasteiger partial charge in [-0.05, 0) is 37.0 Å². The van der Waals surface area contributed by atoms with E-state index in [0.717, 1.165) is 24.8 Å². The van der Waals surface area contributed by atoms with Crippen LogP contribution in [0.25, 0.3) is 15.8 Å². The molecule has 1 fully saturated rings. The van der Waals surface area contributed by atoms with Gasteiger partial charge in [0.15, 0.2) is 5.17 Å². The molecule has 0 N–H and O–H groups in total. The Bertz CT molecular complexity index is 832. The quantitative estimate of drug-likeness (QED) is 0.834. The first kappa shape index (κ1) is 13.0. The molecule has 112 valence electrons. The van der Waals surface area contributed by atoms with Crippen LogP contribution in [-0.2, 0) is 0 Å². The average molecular weight is 328 g/mol. The topological polar surface area (TPSA) is 24.8 Å². The van der Waals surface area contributed by atoms with Crippen molar-refractivity contribution in [2.75, 3.05) is 20.2 Å². The molecule has 1 aliphatic carbocycles. The van der Waals surface area contributed by atoms with Crippen LogP contribution in [0.2, 0.25) is 0 Å². The molecule has 0 radical (unpaired) electrons. The zero-order chi connectivity index (χ0) is 14.7. The van der Waals surface area contributed by atoms with E-state index in [9.17, 15) is 0 Å². The van der Waals surface area contributed by atoms with Crippen LogP contribution in [-0.4, -0.2) is 30.3 Å². The van der Waals surface area contributed by atoms with E-state index in [1.165, 1.54) is 38.7 Å². The summed E-state index contributed by atoms with van der Waals surface area (Å²) in [6.07, 6.45) is 2.67. The molecule has 3 heterocycles. The third-order valence-electron chi connectivity index (χ3n) is 4.43. The molecular formula is C17H16N2OS2. The van der Waals surface area contributed by atoms with Crippen molar-refractivity contribution in [3.63, 3.8) is 0 Å². The molecule has 3 nitrogen and oxygen atoms in total. The number of fused-ring (bicyclic) bond motifs is 2. The Balaban J connectivity index is 1.69. The van der Waals surface area contributed by atoms with Gasteiger partial charge in [0.25, 0.3) is 0 Å². The van der Waals surface area contributed by atoms with Crippen molar-refractivity contribution >= 4 is 44.0 Å². The highest BCUT2D eigenvalue weighted by atomic mass is 32.2. The number of hydrogen-bond acceptors (Lipinski definition) is 5. The van der Waals surface area contributed by atoms with Crippen LogP contribution >= 0.6 is 23.1 Å². The zero-order valence-corrected chi connectivity index (χ0v) is 14.0. The van der Waals surface area contributed by atoms with Gasteiger partial charge in [0.2, 0.25) is 0 Å². The van der Waals surface area contributed by atoms with Gasteiger partial charge in [0, 0.05) is 21.5 Å². The third kappa shape index (κ3) is 1.85. The number of ether oxygens (including phenoxy) is 1. The number of methoxy groups -OCH3 is 1. The minimum absolute atomic E-state index is 0.764. The highest BCUT2D eigenvalue weighted by molar-refractivity contribution is 8.17. The predicted octanol–water partition coefficient (Wildman–Crippen LogP) is 4.41. The molecule has 1 saturated carbocycles. The van der Waals surface area contributed by atoms with Gasteiger partial charge >= 0.3 is 0 Å². The van der Waals surface area contributed by atoms with Crippen LogP contribution in [0.5, 0.6) is 5.75 Å². The maximum atomic E-state index is 5.52. The van der Waals surface area contributed by atoms with E-state index < -0.39 is 0 Å². The van der Waals surface area contributed by atoms with Crippen LogP contribution in [0.3, 0.4) is 0 Å². The number of nitrogens with zero attached hydrogens (tertiary/aromatic N) is 2.